The molecule has 0 amide bonds. The van der Waals surface area contributed by atoms with Gasteiger partial charge in [0.2, 0.25) is 0 Å². The molecular weight excluding hydrogens is 231 g/mol. The second kappa shape index (κ2) is 13.4. The monoisotopic (exact) mass is 248 g/mol. The molecule has 0 aliphatic rings. The van der Waals surface area contributed by atoms with Gasteiger partial charge in [0.05, 0.1) is 19.3 Å². The highest BCUT2D eigenvalue weighted by molar-refractivity contribution is 6.21. The van der Waals surface area contributed by atoms with E-state index in [0.29, 0.717) is 13.2 Å². The standard InChI is InChI=1S/C5H12O3.C3H6Cl2O/c1-7-3-5(6)4-8-2;4-1-3(6)2-5/h5-6H,3-4H2,1-2H3;3,6H,1-2H2. The molecule has 0 rings (SSSR count). The molecule has 0 aliphatic heterocycles. The van der Waals surface area contributed by atoms with Gasteiger partial charge in [-0.05, 0) is 0 Å². The largest absolute Gasteiger partial charge is 0.391 e. The van der Waals surface area contributed by atoms with Gasteiger partial charge < -0.3 is 19.7 Å². The predicted molar refractivity (Wildman–Crippen MR) is 57.2 cm³/mol. The van der Waals surface area contributed by atoms with Crippen molar-refractivity contribution in [1.82, 2.24) is 0 Å². The average molecular weight is 249 g/mol. The van der Waals surface area contributed by atoms with Gasteiger partial charge in [-0.25, -0.2) is 0 Å². The van der Waals surface area contributed by atoms with Crippen LogP contribution in [0.3, 0.4) is 0 Å². The van der Waals surface area contributed by atoms with Crippen molar-refractivity contribution in [2.24, 2.45) is 0 Å². The van der Waals surface area contributed by atoms with Crippen molar-refractivity contribution in [3.63, 3.8) is 0 Å². The van der Waals surface area contributed by atoms with E-state index in [-0.39, 0.29) is 11.8 Å². The fraction of sp³-hybridized carbons (Fsp3) is 1.00. The zero-order chi connectivity index (χ0) is 11.4. The van der Waals surface area contributed by atoms with Crippen LogP contribution in [0.2, 0.25) is 0 Å². The number of halogens is 2. The highest BCUT2D eigenvalue weighted by Crippen LogP contribution is 1.88. The summed E-state index contributed by atoms with van der Waals surface area (Å²) in [6.07, 6.45) is -1.02. The second-order valence-electron chi connectivity index (χ2n) is 2.53. The number of alkyl halides is 2. The minimum absolute atomic E-state index is 0.226. The Kier molecular flexibility index (Phi) is 16.1. The summed E-state index contributed by atoms with van der Waals surface area (Å²) in [6.45, 7) is 0.682. The van der Waals surface area contributed by atoms with Crippen molar-refractivity contribution in [3.8, 4) is 0 Å². The van der Waals surface area contributed by atoms with Gasteiger partial charge in [0.25, 0.3) is 0 Å². The maximum absolute atomic E-state index is 8.80. The van der Waals surface area contributed by atoms with Crippen LogP contribution in [0.4, 0.5) is 0 Å². The van der Waals surface area contributed by atoms with Gasteiger partial charge in [-0.15, -0.1) is 23.2 Å². The lowest BCUT2D eigenvalue weighted by molar-refractivity contribution is 0.00980. The average Bonchev–Trinajstić information content (AvgIpc) is 2.18. The van der Waals surface area contributed by atoms with Gasteiger partial charge in [0, 0.05) is 26.0 Å². The quantitative estimate of drug-likeness (QED) is 0.671. The Morgan fingerprint density at radius 2 is 1.29 bits per heavy atom. The van der Waals surface area contributed by atoms with Crippen LogP contribution in [0.25, 0.3) is 0 Å². The fourth-order valence-corrected chi connectivity index (χ4v) is 0.804. The Morgan fingerprint density at radius 3 is 1.43 bits per heavy atom. The highest BCUT2D eigenvalue weighted by Gasteiger charge is 1.99. The number of aliphatic hydroxyl groups excluding tert-OH is 2. The first kappa shape index (κ1) is 16.8. The summed E-state index contributed by atoms with van der Waals surface area (Å²) in [5.74, 6) is 0.451. The van der Waals surface area contributed by atoms with Crippen LogP contribution in [0.15, 0.2) is 0 Å². The lowest BCUT2D eigenvalue weighted by Gasteiger charge is -2.05. The fourth-order valence-electron chi connectivity index (χ4n) is 0.474. The molecule has 0 saturated heterocycles. The zero-order valence-corrected chi connectivity index (χ0v) is 9.96. The first-order valence-corrected chi connectivity index (χ1v) is 5.15. The van der Waals surface area contributed by atoms with Crippen molar-refractivity contribution in [3.05, 3.63) is 0 Å². The molecule has 0 saturated carbocycles. The number of methoxy groups -OCH3 is 2. The Labute approximate surface area is 94.7 Å². The Hall–Kier alpha value is 0.420. The van der Waals surface area contributed by atoms with E-state index < -0.39 is 12.2 Å². The molecule has 2 N–H and O–H groups in total. The molecule has 0 spiro atoms. The maximum atomic E-state index is 8.80. The maximum Gasteiger partial charge on any atom is 0.101 e. The molecule has 0 unspecified atom stereocenters. The van der Waals surface area contributed by atoms with Gasteiger partial charge in [-0.3, -0.25) is 0 Å². The molecule has 0 atom stereocenters. The first-order valence-electron chi connectivity index (χ1n) is 4.08. The summed E-state index contributed by atoms with van der Waals surface area (Å²) >= 11 is 10.2. The molecule has 14 heavy (non-hydrogen) atoms. The molecule has 0 aliphatic carbocycles. The number of ether oxygens (including phenoxy) is 2. The van der Waals surface area contributed by atoms with Crippen LogP contribution >= 0.6 is 23.2 Å². The second-order valence-corrected chi connectivity index (χ2v) is 3.14. The molecule has 0 fully saturated rings. The predicted octanol–water partition coefficient (Wildman–Crippen LogP) is 0.465. The van der Waals surface area contributed by atoms with E-state index in [0.717, 1.165) is 0 Å². The van der Waals surface area contributed by atoms with Crippen LogP contribution in [0.1, 0.15) is 0 Å². The van der Waals surface area contributed by atoms with Crippen LogP contribution in [-0.4, -0.2) is 61.6 Å². The van der Waals surface area contributed by atoms with E-state index in [1.54, 1.807) is 14.2 Å². The van der Waals surface area contributed by atoms with Gasteiger partial charge in [0.15, 0.2) is 0 Å². The Balaban J connectivity index is 0. The van der Waals surface area contributed by atoms with Crippen molar-refractivity contribution in [2.45, 2.75) is 12.2 Å². The summed E-state index contributed by atoms with van der Waals surface area (Å²) in [5.41, 5.74) is 0. The van der Waals surface area contributed by atoms with Crippen LogP contribution in [0, 0.1) is 0 Å². The minimum atomic E-state index is -0.534. The molecule has 88 valence electrons. The van der Waals surface area contributed by atoms with Crippen LogP contribution in [-0.2, 0) is 9.47 Å². The third kappa shape index (κ3) is 14.9. The zero-order valence-electron chi connectivity index (χ0n) is 8.45. The summed E-state index contributed by atoms with van der Waals surface area (Å²) < 4.78 is 9.25. The lowest BCUT2D eigenvalue weighted by atomic mass is 10.4. The van der Waals surface area contributed by atoms with Crippen LogP contribution in [0.5, 0.6) is 0 Å². The summed E-state index contributed by atoms with van der Waals surface area (Å²) in [6, 6.07) is 0. The molecule has 4 nitrogen and oxygen atoms in total. The Morgan fingerprint density at radius 1 is 0.929 bits per heavy atom. The van der Waals surface area contributed by atoms with Crippen molar-refractivity contribution < 1.29 is 19.7 Å². The van der Waals surface area contributed by atoms with Gasteiger partial charge in [0.1, 0.15) is 6.10 Å². The van der Waals surface area contributed by atoms with E-state index in [1.165, 1.54) is 0 Å². The van der Waals surface area contributed by atoms with E-state index in [2.05, 4.69) is 9.47 Å². The third-order valence-corrected chi connectivity index (χ3v) is 1.79. The molecule has 0 aromatic heterocycles. The van der Waals surface area contributed by atoms with Crippen molar-refractivity contribution in [2.75, 3.05) is 39.2 Å². The molecule has 0 aromatic rings. The molecule has 0 radical (unpaired) electrons. The molecule has 0 heterocycles. The van der Waals surface area contributed by atoms with Crippen LogP contribution < -0.4 is 0 Å². The normalized spacial score (nSPS) is 10.3. The highest BCUT2D eigenvalue weighted by atomic mass is 35.5. The molecular formula is C8H18Cl2O4. The lowest BCUT2D eigenvalue weighted by Crippen LogP contribution is -2.19. The first-order chi connectivity index (χ1) is 6.62. The number of hydrogen-bond acceptors (Lipinski definition) is 4. The van der Waals surface area contributed by atoms with E-state index in [4.69, 9.17) is 33.4 Å². The topological polar surface area (TPSA) is 58.9 Å². The molecule has 6 heteroatoms. The molecule has 0 aromatic carbocycles. The van der Waals surface area contributed by atoms with E-state index in [9.17, 15) is 0 Å². The number of rotatable bonds is 6. The van der Waals surface area contributed by atoms with Gasteiger partial charge >= 0.3 is 0 Å². The summed E-state index contributed by atoms with van der Waals surface area (Å²) in [7, 11) is 3.08. The van der Waals surface area contributed by atoms with E-state index in [1.807, 2.05) is 0 Å². The van der Waals surface area contributed by atoms with Gasteiger partial charge in [-0.2, -0.15) is 0 Å². The Bertz CT molecular complexity index is 95.3. The number of hydrogen-bond donors (Lipinski definition) is 2. The summed E-state index contributed by atoms with van der Waals surface area (Å²) in [4.78, 5) is 0. The van der Waals surface area contributed by atoms with E-state index >= 15 is 0 Å². The minimum Gasteiger partial charge on any atom is -0.391 e. The van der Waals surface area contributed by atoms with Gasteiger partial charge in [-0.1, -0.05) is 0 Å². The van der Waals surface area contributed by atoms with Crippen molar-refractivity contribution in [1.29, 1.82) is 0 Å². The summed E-state index contributed by atoms with van der Waals surface area (Å²) in [5, 5.41) is 17.2. The third-order valence-electron chi connectivity index (χ3n) is 1.07. The molecule has 0 bridgehead atoms. The SMILES string of the molecule is COCC(O)COC.OC(CCl)CCl. The number of aliphatic hydroxyl groups is 2. The van der Waals surface area contributed by atoms with Crippen molar-refractivity contribution >= 4 is 23.2 Å². The smallest absolute Gasteiger partial charge is 0.101 e.